The zero-order valence-corrected chi connectivity index (χ0v) is 28.8. The van der Waals surface area contributed by atoms with Crippen LogP contribution in [-0.4, -0.2) is 69.3 Å². The third kappa shape index (κ3) is 5.89. The lowest BCUT2D eigenvalue weighted by Crippen LogP contribution is -2.63. The third-order valence-corrected chi connectivity index (χ3v) is 12.6. The Morgan fingerprint density at radius 1 is 1.04 bits per heavy atom. The molecule has 0 unspecified atom stereocenters. The maximum atomic E-state index is 14.5. The van der Waals surface area contributed by atoms with E-state index >= 15 is 0 Å². The molecular weight excluding hydrogens is 654 g/mol. The van der Waals surface area contributed by atoms with Gasteiger partial charge in [-0.2, -0.15) is 0 Å². The van der Waals surface area contributed by atoms with Gasteiger partial charge in [-0.15, -0.1) is 0 Å². The Balaban J connectivity index is 1.18. The zero-order chi connectivity index (χ0) is 36.3. The molecule has 11 heteroatoms. The summed E-state index contributed by atoms with van der Waals surface area (Å²) in [4.78, 5) is 50.6. The molecule has 2 aromatic rings. The highest BCUT2D eigenvalue weighted by Crippen LogP contribution is 2.70. The number of ether oxygens (including phenoxy) is 3. The van der Waals surface area contributed by atoms with Gasteiger partial charge in [-0.3, -0.25) is 19.2 Å². The van der Waals surface area contributed by atoms with E-state index in [9.17, 15) is 29.4 Å². The summed E-state index contributed by atoms with van der Waals surface area (Å²) in [5.41, 5.74) is 7.46. The van der Waals surface area contributed by atoms with E-state index in [1.54, 1.807) is 12.2 Å². The van der Waals surface area contributed by atoms with Crippen molar-refractivity contribution in [3.05, 3.63) is 94.6 Å². The van der Waals surface area contributed by atoms with Gasteiger partial charge in [0.15, 0.2) is 24.3 Å². The van der Waals surface area contributed by atoms with Crippen molar-refractivity contribution in [1.29, 1.82) is 0 Å². The molecule has 5 aliphatic rings. The van der Waals surface area contributed by atoms with Crippen molar-refractivity contribution in [2.75, 3.05) is 6.61 Å². The van der Waals surface area contributed by atoms with E-state index in [4.69, 9.17) is 25.1 Å². The van der Waals surface area contributed by atoms with E-state index in [1.165, 1.54) is 0 Å². The molecule has 2 aromatic carbocycles. The Morgan fingerprint density at radius 3 is 2.37 bits per heavy atom. The maximum absolute atomic E-state index is 14.5. The van der Waals surface area contributed by atoms with Gasteiger partial charge in [0, 0.05) is 22.3 Å². The summed E-state index contributed by atoms with van der Waals surface area (Å²) < 4.78 is 18.8. The lowest BCUT2D eigenvalue weighted by Gasteiger charge is -2.59. The van der Waals surface area contributed by atoms with E-state index in [2.05, 4.69) is 6.92 Å². The number of carbonyl (C=O) groups is 4. The summed E-state index contributed by atoms with van der Waals surface area (Å²) in [6.45, 7) is 3.35. The minimum absolute atomic E-state index is 0.00283. The van der Waals surface area contributed by atoms with Gasteiger partial charge in [-0.1, -0.05) is 74.0 Å². The number of carboxylic acid groups (broad SMARTS) is 1. The second kappa shape index (κ2) is 13.2. The minimum atomic E-state index is -1.58. The molecule has 0 radical (unpaired) electrons. The van der Waals surface area contributed by atoms with Gasteiger partial charge in [0.2, 0.25) is 5.78 Å². The van der Waals surface area contributed by atoms with Gasteiger partial charge in [0.05, 0.1) is 25.2 Å². The van der Waals surface area contributed by atoms with Crippen molar-refractivity contribution < 1.29 is 48.7 Å². The zero-order valence-electron chi connectivity index (χ0n) is 28.8. The Labute approximate surface area is 296 Å². The first-order chi connectivity index (χ1) is 24.3. The number of aliphatic hydroxyl groups is 2. The summed E-state index contributed by atoms with van der Waals surface area (Å²) in [5, 5.41) is 30.5. The van der Waals surface area contributed by atoms with Crippen LogP contribution in [0.1, 0.15) is 74.5 Å². The average Bonchev–Trinajstić information content (AvgIpc) is 3.60. The number of aliphatic carboxylic acids is 1. The first-order valence-electron chi connectivity index (χ1n) is 17.7. The molecule has 4 fully saturated rings. The molecule has 270 valence electrons. The van der Waals surface area contributed by atoms with Gasteiger partial charge >= 0.3 is 11.9 Å². The van der Waals surface area contributed by atoms with Crippen molar-refractivity contribution in [3.63, 3.8) is 0 Å². The van der Waals surface area contributed by atoms with Crippen molar-refractivity contribution in [2.24, 2.45) is 34.3 Å². The molecule has 4 aliphatic carbocycles. The van der Waals surface area contributed by atoms with Crippen molar-refractivity contribution >= 4 is 23.5 Å². The molecule has 0 spiro atoms. The molecular formula is C40H45NO10. The van der Waals surface area contributed by atoms with Crippen molar-refractivity contribution in [3.8, 4) is 0 Å². The van der Waals surface area contributed by atoms with Gasteiger partial charge in [-0.05, 0) is 72.8 Å². The van der Waals surface area contributed by atoms with Crippen LogP contribution in [0.25, 0.3) is 0 Å². The lowest BCUT2D eigenvalue weighted by molar-refractivity contribution is -0.202. The first kappa shape index (κ1) is 35.4. The van der Waals surface area contributed by atoms with Crippen LogP contribution in [-0.2, 0) is 46.4 Å². The van der Waals surface area contributed by atoms with E-state index < -0.39 is 71.7 Å². The Kier molecular flexibility index (Phi) is 9.16. The van der Waals surface area contributed by atoms with Crippen molar-refractivity contribution in [1.82, 2.24) is 0 Å². The Morgan fingerprint density at radius 2 is 1.71 bits per heavy atom. The number of ketones is 2. The molecule has 11 nitrogen and oxygen atoms in total. The molecule has 1 saturated heterocycles. The largest absolute Gasteiger partial charge is 0.481 e. The smallest absolute Gasteiger partial charge is 0.323 e. The summed E-state index contributed by atoms with van der Waals surface area (Å²) >= 11 is 0. The number of aliphatic hydroxyl groups excluding tert-OH is 2. The first-order valence-corrected chi connectivity index (χ1v) is 17.7. The SMILES string of the molecule is C[C@]12C=CC(=O)C=C1CC[C@@H]1[C@@H]2[C@@H](O)C[C@@]2(C)[C@H]1C[C@H]1O[C@@H](c3ccc(Cc4ccc(CO)cc4)cc3)O[C@]12C(=O)COC(=O)[C@@H](N)CC(=O)O. The van der Waals surface area contributed by atoms with E-state index in [0.717, 1.165) is 28.7 Å². The Bertz CT molecular complexity index is 1780. The molecule has 3 saturated carbocycles. The van der Waals surface area contributed by atoms with Crippen LogP contribution < -0.4 is 5.73 Å². The van der Waals surface area contributed by atoms with Crippen molar-refractivity contribution in [2.45, 2.75) is 89.1 Å². The van der Waals surface area contributed by atoms with E-state index in [1.807, 2.05) is 61.5 Å². The van der Waals surface area contributed by atoms with Crippen LogP contribution in [0.3, 0.4) is 0 Å². The van der Waals surface area contributed by atoms with Crippen LogP contribution in [0.4, 0.5) is 0 Å². The summed E-state index contributed by atoms with van der Waals surface area (Å²) in [6, 6.07) is 14.1. The third-order valence-electron chi connectivity index (χ3n) is 12.6. The quantitative estimate of drug-likeness (QED) is 0.265. The van der Waals surface area contributed by atoms with Crippen LogP contribution in [0, 0.1) is 28.6 Å². The van der Waals surface area contributed by atoms with Crippen LogP contribution in [0.5, 0.6) is 0 Å². The lowest BCUT2D eigenvalue weighted by atomic mass is 9.46. The number of Topliss-reactive ketones (excluding diaryl/α,β-unsaturated/α-hetero) is 1. The highest BCUT2D eigenvalue weighted by Gasteiger charge is 2.76. The van der Waals surface area contributed by atoms with Crippen LogP contribution in [0.15, 0.2) is 72.3 Å². The Hall–Kier alpha value is -4.00. The van der Waals surface area contributed by atoms with Gasteiger partial charge < -0.3 is 35.3 Å². The number of benzene rings is 2. The molecule has 10 atom stereocenters. The fraction of sp³-hybridized carbons (Fsp3) is 0.500. The van der Waals surface area contributed by atoms with Crippen LogP contribution in [0.2, 0.25) is 0 Å². The summed E-state index contributed by atoms with van der Waals surface area (Å²) in [6.07, 6.45) is 4.94. The monoisotopic (exact) mass is 699 g/mol. The number of nitrogens with two attached hydrogens (primary N) is 1. The van der Waals surface area contributed by atoms with E-state index in [0.29, 0.717) is 24.8 Å². The highest BCUT2D eigenvalue weighted by molar-refractivity contribution is 6.01. The minimum Gasteiger partial charge on any atom is -0.481 e. The number of rotatable bonds is 10. The highest BCUT2D eigenvalue weighted by atomic mass is 16.7. The fourth-order valence-corrected chi connectivity index (χ4v) is 10.1. The van der Waals surface area contributed by atoms with E-state index in [-0.39, 0.29) is 36.6 Å². The molecule has 7 rings (SSSR count). The maximum Gasteiger partial charge on any atom is 0.323 e. The molecule has 0 aromatic heterocycles. The molecule has 51 heavy (non-hydrogen) atoms. The second-order valence-electron chi connectivity index (χ2n) is 15.4. The number of carbonyl (C=O) groups excluding carboxylic acids is 3. The molecule has 1 heterocycles. The number of esters is 1. The van der Waals surface area contributed by atoms with Crippen LogP contribution >= 0.6 is 0 Å². The number of fused-ring (bicyclic) bond motifs is 7. The average molecular weight is 700 g/mol. The summed E-state index contributed by atoms with van der Waals surface area (Å²) in [5.74, 6) is -3.11. The predicted molar refractivity (Wildman–Crippen MR) is 183 cm³/mol. The predicted octanol–water partition coefficient (Wildman–Crippen LogP) is 3.73. The standard InChI is InChI=1S/C40H45NO10/c1-38-14-13-27(43)16-26(38)11-12-28-29-17-33-40(39(29,2)19-31(44)35(28)38,32(45)21-49-36(48)30(41)18-34(46)47)51-37(50-33)25-9-7-23(8-10-25)15-22-3-5-24(20-42)6-4-22/h3-10,13-14,16,28-31,33,35,37,42,44H,11-12,15,17-21,41H2,1-2H3,(H,46,47)/t28-,29-,30-,31-,33+,35+,37+,38-,39-,40+/m0/s1. The molecule has 0 bridgehead atoms. The van der Waals surface area contributed by atoms with Gasteiger partial charge in [0.1, 0.15) is 6.04 Å². The fourth-order valence-electron chi connectivity index (χ4n) is 10.1. The number of hydrogen-bond donors (Lipinski definition) is 4. The number of carboxylic acids is 1. The topological polar surface area (TPSA) is 183 Å². The molecule has 5 N–H and O–H groups in total. The second-order valence-corrected chi connectivity index (χ2v) is 15.4. The number of hydrogen-bond acceptors (Lipinski definition) is 10. The number of allylic oxidation sites excluding steroid dienone is 4. The normalized spacial score (nSPS) is 35.5. The molecule has 1 aliphatic heterocycles. The molecule has 0 amide bonds. The summed E-state index contributed by atoms with van der Waals surface area (Å²) in [7, 11) is 0. The van der Waals surface area contributed by atoms with Gasteiger partial charge in [-0.25, -0.2) is 0 Å². The van der Waals surface area contributed by atoms with Gasteiger partial charge in [0.25, 0.3) is 0 Å².